The monoisotopic (exact) mass is 346 g/mol. The van der Waals surface area contributed by atoms with Crippen LogP contribution in [0.15, 0.2) is 71.8 Å². The third-order valence-corrected chi connectivity index (χ3v) is 6.24. The molecular formula is C24H26O2. The second-order valence-corrected chi connectivity index (χ2v) is 7.73. The number of benzene rings is 2. The van der Waals surface area contributed by atoms with Crippen LogP contribution in [0, 0.1) is 5.92 Å². The molecule has 2 aliphatic carbocycles. The Kier molecular flexibility index (Phi) is 4.54. The van der Waals surface area contributed by atoms with E-state index >= 15 is 0 Å². The van der Waals surface area contributed by atoms with Crippen LogP contribution in [0.3, 0.4) is 0 Å². The van der Waals surface area contributed by atoms with Crippen LogP contribution in [0.4, 0.5) is 0 Å². The summed E-state index contributed by atoms with van der Waals surface area (Å²) >= 11 is 0. The molecule has 0 radical (unpaired) electrons. The molecule has 0 aliphatic heterocycles. The Morgan fingerprint density at radius 2 is 1.58 bits per heavy atom. The SMILES string of the molecule is CC(=O)[C@H]1[C@H](c2ccccc2)CC2=C(CCCC2)[C@]1(O)c1ccccc1. The largest absolute Gasteiger partial charge is 0.380 e. The molecule has 26 heavy (non-hydrogen) atoms. The van der Waals surface area contributed by atoms with Gasteiger partial charge in [-0.15, -0.1) is 0 Å². The van der Waals surface area contributed by atoms with Gasteiger partial charge in [0.25, 0.3) is 0 Å². The molecule has 4 rings (SSSR count). The fourth-order valence-electron chi connectivity index (χ4n) is 5.15. The number of rotatable bonds is 3. The van der Waals surface area contributed by atoms with Crippen molar-refractivity contribution in [2.24, 2.45) is 5.92 Å². The Balaban J connectivity index is 1.94. The second kappa shape index (κ2) is 6.85. The van der Waals surface area contributed by atoms with Gasteiger partial charge in [0.1, 0.15) is 11.4 Å². The third-order valence-electron chi connectivity index (χ3n) is 6.24. The molecule has 3 atom stereocenters. The Labute approximate surface area is 155 Å². The molecule has 0 bridgehead atoms. The first kappa shape index (κ1) is 17.2. The van der Waals surface area contributed by atoms with E-state index in [1.165, 1.54) is 12.0 Å². The first-order chi connectivity index (χ1) is 12.6. The summed E-state index contributed by atoms with van der Waals surface area (Å²) in [6.07, 6.45) is 5.09. The maximum atomic E-state index is 12.9. The number of aliphatic hydroxyl groups is 1. The third kappa shape index (κ3) is 2.73. The number of carbonyl (C=O) groups excluding carboxylic acids is 1. The molecule has 2 aliphatic rings. The van der Waals surface area contributed by atoms with Gasteiger partial charge in [-0.25, -0.2) is 0 Å². The lowest BCUT2D eigenvalue weighted by Crippen LogP contribution is -2.48. The maximum absolute atomic E-state index is 12.9. The Morgan fingerprint density at radius 3 is 2.23 bits per heavy atom. The summed E-state index contributed by atoms with van der Waals surface area (Å²) < 4.78 is 0. The topological polar surface area (TPSA) is 37.3 Å². The van der Waals surface area contributed by atoms with Gasteiger partial charge in [0.15, 0.2) is 0 Å². The van der Waals surface area contributed by atoms with Gasteiger partial charge in [-0.05, 0) is 55.7 Å². The van der Waals surface area contributed by atoms with E-state index in [2.05, 4.69) is 12.1 Å². The van der Waals surface area contributed by atoms with Gasteiger partial charge in [0, 0.05) is 5.92 Å². The highest BCUT2D eigenvalue weighted by Crippen LogP contribution is 2.55. The van der Waals surface area contributed by atoms with Gasteiger partial charge in [-0.1, -0.05) is 66.2 Å². The maximum Gasteiger partial charge on any atom is 0.137 e. The van der Waals surface area contributed by atoms with Crippen molar-refractivity contribution < 1.29 is 9.90 Å². The molecule has 2 aromatic rings. The molecule has 0 amide bonds. The molecular weight excluding hydrogens is 320 g/mol. The molecule has 2 nitrogen and oxygen atoms in total. The van der Waals surface area contributed by atoms with Crippen LogP contribution in [-0.4, -0.2) is 10.9 Å². The van der Waals surface area contributed by atoms with Gasteiger partial charge in [0.05, 0.1) is 5.92 Å². The van der Waals surface area contributed by atoms with Crippen LogP contribution in [-0.2, 0) is 10.4 Å². The molecule has 0 spiro atoms. The Bertz CT molecular complexity index is 822. The average molecular weight is 346 g/mol. The molecule has 2 heteroatoms. The lowest BCUT2D eigenvalue weighted by atomic mass is 9.58. The van der Waals surface area contributed by atoms with E-state index in [1.807, 2.05) is 48.5 Å². The number of ketones is 1. The van der Waals surface area contributed by atoms with Crippen molar-refractivity contribution in [1.82, 2.24) is 0 Å². The molecule has 2 aromatic carbocycles. The van der Waals surface area contributed by atoms with Crippen LogP contribution < -0.4 is 0 Å². The quantitative estimate of drug-likeness (QED) is 0.782. The number of allylic oxidation sites excluding steroid dienone is 1. The smallest absolute Gasteiger partial charge is 0.137 e. The van der Waals surface area contributed by atoms with Crippen LogP contribution >= 0.6 is 0 Å². The molecule has 134 valence electrons. The van der Waals surface area contributed by atoms with Gasteiger partial charge >= 0.3 is 0 Å². The summed E-state index contributed by atoms with van der Waals surface area (Å²) in [7, 11) is 0. The van der Waals surface area contributed by atoms with E-state index in [0.29, 0.717) is 0 Å². The van der Waals surface area contributed by atoms with Crippen molar-refractivity contribution in [3.63, 3.8) is 0 Å². The molecule has 0 saturated carbocycles. The lowest BCUT2D eigenvalue weighted by molar-refractivity contribution is -0.131. The predicted molar refractivity (Wildman–Crippen MR) is 104 cm³/mol. The van der Waals surface area contributed by atoms with Gasteiger partial charge in [-0.3, -0.25) is 4.79 Å². The van der Waals surface area contributed by atoms with E-state index in [1.54, 1.807) is 6.92 Å². The second-order valence-electron chi connectivity index (χ2n) is 7.73. The van der Waals surface area contributed by atoms with Crippen LogP contribution in [0.25, 0.3) is 0 Å². The zero-order chi connectivity index (χ0) is 18.1. The van der Waals surface area contributed by atoms with Crippen molar-refractivity contribution in [2.75, 3.05) is 0 Å². The average Bonchev–Trinajstić information content (AvgIpc) is 2.69. The van der Waals surface area contributed by atoms with Crippen LogP contribution in [0.2, 0.25) is 0 Å². The summed E-state index contributed by atoms with van der Waals surface area (Å²) in [6.45, 7) is 1.64. The lowest BCUT2D eigenvalue weighted by Gasteiger charge is -2.48. The molecule has 0 unspecified atom stereocenters. The van der Waals surface area contributed by atoms with Gasteiger partial charge in [0.2, 0.25) is 0 Å². The first-order valence-electron chi connectivity index (χ1n) is 9.67. The fraction of sp³-hybridized carbons (Fsp3) is 0.375. The predicted octanol–water partition coefficient (Wildman–Crippen LogP) is 5.14. The minimum absolute atomic E-state index is 0.0238. The normalized spacial score (nSPS) is 28.5. The summed E-state index contributed by atoms with van der Waals surface area (Å²) in [5, 5.41) is 12.1. The number of Topliss-reactive ketones (excluding diaryl/α,β-unsaturated/α-hetero) is 1. The standard InChI is InChI=1S/C24H26O2/c1-17(25)23-21(18-10-4-2-5-11-18)16-19-12-8-9-15-22(19)24(23,26)20-13-6-3-7-14-20/h2-7,10-11,13-14,21,23,26H,8-9,12,15-16H2,1H3/t21-,23-,24+/m0/s1. The van der Waals surface area contributed by atoms with Crippen molar-refractivity contribution in [1.29, 1.82) is 0 Å². The highest BCUT2D eigenvalue weighted by atomic mass is 16.3. The Hall–Kier alpha value is -2.19. The summed E-state index contributed by atoms with van der Waals surface area (Å²) in [5.74, 6) is -0.345. The molecule has 1 N–H and O–H groups in total. The minimum atomic E-state index is -1.19. The van der Waals surface area contributed by atoms with Crippen molar-refractivity contribution in [2.45, 2.75) is 50.5 Å². The van der Waals surface area contributed by atoms with E-state index in [4.69, 9.17) is 0 Å². The van der Waals surface area contributed by atoms with Crippen molar-refractivity contribution in [3.8, 4) is 0 Å². The zero-order valence-corrected chi connectivity index (χ0v) is 15.3. The van der Waals surface area contributed by atoms with Crippen molar-refractivity contribution in [3.05, 3.63) is 82.9 Å². The zero-order valence-electron chi connectivity index (χ0n) is 15.3. The van der Waals surface area contributed by atoms with E-state index < -0.39 is 11.5 Å². The highest BCUT2D eigenvalue weighted by Gasteiger charge is 2.52. The van der Waals surface area contributed by atoms with E-state index in [-0.39, 0.29) is 11.7 Å². The Morgan fingerprint density at radius 1 is 0.962 bits per heavy atom. The highest BCUT2D eigenvalue weighted by molar-refractivity contribution is 5.82. The van der Waals surface area contributed by atoms with E-state index in [0.717, 1.165) is 42.4 Å². The van der Waals surface area contributed by atoms with Gasteiger partial charge < -0.3 is 5.11 Å². The van der Waals surface area contributed by atoms with Gasteiger partial charge in [-0.2, -0.15) is 0 Å². The van der Waals surface area contributed by atoms with Crippen molar-refractivity contribution >= 4 is 5.78 Å². The van der Waals surface area contributed by atoms with Crippen LogP contribution in [0.5, 0.6) is 0 Å². The number of hydrogen-bond donors (Lipinski definition) is 1. The fourth-order valence-corrected chi connectivity index (χ4v) is 5.15. The first-order valence-corrected chi connectivity index (χ1v) is 9.67. The number of carbonyl (C=O) groups is 1. The summed E-state index contributed by atoms with van der Waals surface area (Å²) in [6, 6.07) is 20.1. The minimum Gasteiger partial charge on any atom is -0.380 e. The molecule has 0 saturated heterocycles. The van der Waals surface area contributed by atoms with E-state index in [9.17, 15) is 9.90 Å². The summed E-state index contributed by atoms with van der Waals surface area (Å²) in [4.78, 5) is 12.9. The molecule has 0 aromatic heterocycles. The summed E-state index contributed by atoms with van der Waals surface area (Å²) in [5.41, 5.74) is 3.30. The molecule has 0 heterocycles. The van der Waals surface area contributed by atoms with Crippen LogP contribution in [0.1, 0.15) is 56.1 Å². The molecule has 0 fully saturated rings. The number of hydrogen-bond acceptors (Lipinski definition) is 2.